The first-order valence-corrected chi connectivity index (χ1v) is 9.02. The number of fused-ring (bicyclic) bond motifs is 1. The highest BCUT2D eigenvalue weighted by Gasteiger charge is 2.21. The Hall–Kier alpha value is -3.04. The average Bonchev–Trinajstić information content (AvgIpc) is 3.03. The monoisotopic (exact) mass is 405 g/mol. The SMILES string of the molecule is Cc1nc2c(OCc3c(F)cccc3F)cccn2c1C(=O)N[C@@H](CO)CCO. The van der Waals surface area contributed by atoms with Crippen molar-refractivity contribution >= 4 is 11.6 Å². The van der Waals surface area contributed by atoms with E-state index in [2.05, 4.69) is 10.3 Å². The molecule has 1 atom stereocenters. The Morgan fingerprint density at radius 1 is 1.24 bits per heavy atom. The van der Waals surface area contributed by atoms with E-state index in [4.69, 9.17) is 9.84 Å². The molecule has 2 heterocycles. The molecule has 0 unspecified atom stereocenters. The van der Waals surface area contributed by atoms with Gasteiger partial charge >= 0.3 is 0 Å². The number of aromatic nitrogens is 2. The summed E-state index contributed by atoms with van der Waals surface area (Å²) in [5, 5.41) is 21.0. The summed E-state index contributed by atoms with van der Waals surface area (Å²) in [6.07, 6.45) is 1.82. The average molecular weight is 405 g/mol. The summed E-state index contributed by atoms with van der Waals surface area (Å²) in [6.45, 7) is 0.809. The maximum Gasteiger partial charge on any atom is 0.270 e. The molecule has 0 spiro atoms. The molecule has 0 saturated carbocycles. The van der Waals surface area contributed by atoms with Crippen LogP contribution in [0.1, 0.15) is 28.2 Å². The van der Waals surface area contributed by atoms with Crippen LogP contribution in [0.3, 0.4) is 0 Å². The number of hydrogen-bond acceptors (Lipinski definition) is 5. The number of carbonyl (C=O) groups is 1. The Kier molecular flexibility index (Phi) is 6.40. The van der Waals surface area contributed by atoms with E-state index < -0.39 is 23.6 Å². The number of nitrogens with zero attached hydrogens (tertiary/aromatic N) is 2. The van der Waals surface area contributed by atoms with E-state index in [0.29, 0.717) is 11.3 Å². The number of amides is 1. The van der Waals surface area contributed by atoms with Gasteiger partial charge < -0.3 is 20.3 Å². The van der Waals surface area contributed by atoms with Crippen LogP contribution in [0, 0.1) is 18.6 Å². The highest BCUT2D eigenvalue weighted by molar-refractivity contribution is 5.95. The molecule has 1 amide bonds. The Bertz CT molecular complexity index is 1000. The molecule has 29 heavy (non-hydrogen) atoms. The third kappa shape index (κ3) is 4.36. The van der Waals surface area contributed by atoms with Gasteiger partial charge in [0.1, 0.15) is 23.9 Å². The first-order valence-electron chi connectivity index (χ1n) is 9.02. The van der Waals surface area contributed by atoms with Crippen molar-refractivity contribution in [2.45, 2.75) is 26.0 Å². The lowest BCUT2D eigenvalue weighted by Crippen LogP contribution is -2.38. The predicted octanol–water partition coefficient (Wildman–Crippen LogP) is 1.97. The fraction of sp³-hybridized carbons (Fsp3) is 0.300. The molecule has 0 saturated heterocycles. The lowest BCUT2D eigenvalue weighted by atomic mass is 10.2. The predicted molar refractivity (Wildman–Crippen MR) is 101 cm³/mol. The van der Waals surface area contributed by atoms with E-state index in [1.54, 1.807) is 25.3 Å². The van der Waals surface area contributed by atoms with Crippen LogP contribution in [-0.4, -0.2) is 44.8 Å². The van der Waals surface area contributed by atoms with Gasteiger partial charge in [-0.1, -0.05) is 6.07 Å². The van der Waals surface area contributed by atoms with Crippen molar-refractivity contribution in [3.05, 3.63) is 65.1 Å². The van der Waals surface area contributed by atoms with Gasteiger partial charge in [0.2, 0.25) is 0 Å². The first-order chi connectivity index (χ1) is 14.0. The van der Waals surface area contributed by atoms with Crippen LogP contribution in [0.25, 0.3) is 5.65 Å². The Morgan fingerprint density at radius 2 is 1.97 bits per heavy atom. The van der Waals surface area contributed by atoms with E-state index in [-0.39, 0.29) is 43.2 Å². The Morgan fingerprint density at radius 3 is 2.62 bits per heavy atom. The number of halogens is 2. The summed E-state index contributed by atoms with van der Waals surface area (Å²) in [5.41, 5.74) is 0.760. The molecule has 3 N–H and O–H groups in total. The van der Waals surface area contributed by atoms with Crippen molar-refractivity contribution in [1.82, 2.24) is 14.7 Å². The first kappa shape index (κ1) is 20.7. The summed E-state index contributed by atoms with van der Waals surface area (Å²) in [5.74, 6) is -1.64. The number of nitrogens with one attached hydrogen (secondary N) is 1. The molecule has 1 aromatic carbocycles. The summed E-state index contributed by atoms with van der Waals surface area (Å²) >= 11 is 0. The quantitative estimate of drug-likeness (QED) is 0.533. The summed E-state index contributed by atoms with van der Waals surface area (Å²) < 4.78 is 34.7. The van der Waals surface area contributed by atoms with Crippen molar-refractivity contribution in [3.63, 3.8) is 0 Å². The van der Waals surface area contributed by atoms with Crippen molar-refractivity contribution in [1.29, 1.82) is 0 Å². The van der Waals surface area contributed by atoms with E-state index in [1.165, 1.54) is 10.5 Å². The normalized spacial score (nSPS) is 12.2. The fourth-order valence-corrected chi connectivity index (χ4v) is 2.98. The molecule has 0 aliphatic rings. The number of ether oxygens (including phenoxy) is 1. The molecule has 0 aliphatic heterocycles. The van der Waals surface area contributed by atoms with Crippen LogP contribution < -0.4 is 10.1 Å². The Labute approximate surface area is 165 Å². The number of pyridine rings is 1. The molecule has 7 nitrogen and oxygen atoms in total. The van der Waals surface area contributed by atoms with Crippen LogP contribution in [0.2, 0.25) is 0 Å². The molecule has 2 aromatic heterocycles. The number of aryl methyl sites for hydroxylation is 1. The number of imidazole rings is 1. The van der Waals surface area contributed by atoms with Gasteiger partial charge in [-0.25, -0.2) is 13.8 Å². The second-order valence-corrected chi connectivity index (χ2v) is 6.47. The smallest absolute Gasteiger partial charge is 0.270 e. The zero-order valence-electron chi connectivity index (χ0n) is 15.7. The van der Waals surface area contributed by atoms with Gasteiger partial charge in [0.15, 0.2) is 11.4 Å². The number of benzene rings is 1. The van der Waals surface area contributed by atoms with Crippen LogP contribution in [0.4, 0.5) is 8.78 Å². The van der Waals surface area contributed by atoms with Gasteiger partial charge in [0.05, 0.1) is 23.9 Å². The van der Waals surface area contributed by atoms with Crippen LogP contribution in [0.15, 0.2) is 36.5 Å². The van der Waals surface area contributed by atoms with Crippen molar-refractivity contribution in [2.24, 2.45) is 0 Å². The van der Waals surface area contributed by atoms with Gasteiger partial charge in [0.25, 0.3) is 5.91 Å². The number of rotatable bonds is 8. The van der Waals surface area contributed by atoms with E-state index >= 15 is 0 Å². The third-order valence-electron chi connectivity index (χ3n) is 4.47. The summed E-state index contributed by atoms with van der Waals surface area (Å²) in [7, 11) is 0. The second-order valence-electron chi connectivity index (χ2n) is 6.47. The second kappa shape index (κ2) is 8.97. The maximum absolute atomic E-state index is 13.8. The highest BCUT2D eigenvalue weighted by Crippen LogP contribution is 2.24. The lowest BCUT2D eigenvalue weighted by Gasteiger charge is -2.15. The molecule has 3 rings (SSSR count). The largest absolute Gasteiger partial charge is 0.485 e. The molecule has 154 valence electrons. The van der Waals surface area contributed by atoms with Gasteiger partial charge in [-0.2, -0.15) is 0 Å². The van der Waals surface area contributed by atoms with E-state index in [1.807, 2.05) is 0 Å². The van der Waals surface area contributed by atoms with Crippen LogP contribution >= 0.6 is 0 Å². The van der Waals surface area contributed by atoms with Crippen molar-refractivity contribution < 1.29 is 28.5 Å². The number of aliphatic hydroxyl groups excluding tert-OH is 2. The minimum absolute atomic E-state index is 0.178. The van der Waals surface area contributed by atoms with Crippen molar-refractivity contribution in [2.75, 3.05) is 13.2 Å². The molecular formula is C20H21F2N3O4. The topological polar surface area (TPSA) is 96.1 Å². The summed E-state index contributed by atoms with van der Waals surface area (Å²) in [6, 6.07) is 6.18. The molecule has 0 radical (unpaired) electrons. The molecule has 9 heteroatoms. The maximum atomic E-state index is 13.8. The highest BCUT2D eigenvalue weighted by atomic mass is 19.1. The number of carbonyl (C=O) groups excluding carboxylic acids is 1. The van der Waals surface area contributed by atoms with E-state index in [0.717, 1.165) is 12.1 Å². The third-order valence-corrected chi connectivity index (χ3v) is 4.47. The molecule has 0 aliphatic carbocycles. The standard InChI is InChI=1S/C20H21F2N3O4/c1-12-18(20(28)24-13(10-27)7-9-26)25-8-3-6-17(19(25)23-12)29-11-14-15(21)4-2-5-16(14)22/h2-6,8,13,26-27H,7,9-11H2,1H3,(H,24,28)/t13-/m1/s1. The van der Waals surface area contributed by atoms with Crippen LogP contribution in [-0.2, 0) is 6.61 Å². The fourth-order valence-electron chi connectivity index (χ4n) is 2.98. The number of hydrogen-bond donors (Lipinski definition) is 3. The molecule has 3 aromatic rings. The molecule has 0 bridgehead atoms. The Balaban J connectivity index is 1.88. The van der Waals surface area contributed by atoms with Gasteiger partial charge in [0, 0.05) is 12.8 Å². The van der Waals surface area contributed by atoms with E-state index in [9.17, 15) is 18.7 Å². The number of aliphatic hydroxyl groups is 2. The molecule has 0 fully saturated rings. The minimum Gasteiger partial charge on any atom is -0.485 e. The zero-order chi connectivity index (χ0) is 21.0. The van der Waals surface area contributed by atoms with Crippen molar-refractivity contribution in [3.8, 4) is 5.75 Å². The molecular weight excluding hydrogens is 384 g/mol. The van der Waals surface area contributed by atoms with Gasteiger partial charge in [-0.15, -0.1) is 0 Å². The van der Waals surface area contributed by atoms with Gasteiger partial charge in [-0.3, -0.25) is 9.20 Å². The van der Waals surface area contributed by atoms with Crippen LogP contribution in [0.5, 0.6) is 5.75 Å². The minimum atomic E-state index is -0.713. The van der Waals surface area contributed by atoms with Gasteiger partial charge in [-0.05, 0) is 37.6 Å². The zero-order valence-corrected chi connectivity index (χ0v) is 15.7. The summed E-state index contributed by atoms with van der Waals surface area (Å²) in [4.78, 5) is 17.0. The lowest BCUT2D eigenvalue weighted by molar-refractivity contribution is 0.0898.